The molecule has 2 heterocycles. The Morgan fingerprint density at radius 2 is 2.24 bits per heavy atom. The summed E-state index contributed by atoms with van der Waals surface area (Å²) in [6, 6.07) is 9.92. The van der Waals surface area contributed by atoms with Gasteiger partial charge in [-0.3, -0.25) is 9.78 Å². The minimum Gasteiger partial charge on any atom is -0.332 e. The molecule has 1 unspecified atom stereocenters. The van der Waals surface area contributed by atoms with Crippen LogP contribution in [0.25, 0.3) is 0 Å². The molecule has 1 fully saturated rings. The smallest absolute Gasteiger partial charge is 0.255 e. The standard InChI is InChI=1S/C16H14BrClN2O/c17-12-4-1-3-11(9-12)15-5-2-8-20(15)16(21)13-6-7-19-10-14(13)18/h1,3-4,6-7,9-10,15H,2,5,8H2. The van der Waals surface area contributed by atoms with Gasteiger partial charge in [-0.1, -0.05) is 39.7 Å². The number of benzene rings is 1. The second-order valence-electron chi connectivity index (χ2n) is 5.07. The molecular formula is C16H14BrClN2O. The van der Waals surface area contributed by atoms with Gasteiger partial charge in [0, 0.05) is 23.4 Å². The molecule has 0 saturated carbocycles. The highest BCUT2D eigenvalue weighted by Crippen LogP contribution is 2.34. The second-order valence-corrected chi connectivity index (χ2v) is 6.39. The fraction of sp³-hybridized carbons (Fsp3) is 0.250. The maximum Gasteiger partial charge on any atom is 0.255 e. The van der Waals surface area contributed by atoms with Gasteiger partial charge < -0.3 is 4.90 Å². The fourth-order valence-electron chi connectivity index (χ4n) is 2.77. The van der Waals surface area contributed by atoms with Gasteiger partial charge in [0.1, 0.15) is 0 Å². The molecule has 0 aliphatic carbocycles. The number of carbonyl (C=O) groups is 1. The molecule has 1 aromatic heterocycles. The number of halogens is 2. The zero-order valence-corrected chi connectivity index (χ0v) is 13.6. The van der Waals surface area contributed by atoms with Crippen molar-refractivity contribution in [3.8, 4) is 0 Å². The van der Waals surface area contributed by atoms with Crippen molar-refractivity contribution in [2.24, 2.45) is 0 Å². The third-order valence-electron chi connectivity index (χ3n) is 3.75. The van der Waals surface area contributed by atoms with Gasteiger partial charge in [0.15, 0.2) is 0 Å². The normalized spacial score (nSPS) is 18.0. The molecule has 108 valence electrons. The van der Waals surface area contributed by atoms with Gasteiger partial charge >= 0.3 is 0 Å². The molecule has 3 nitrogen and oxygen atoms in total. The van der Waals surface area contributed by atoms with Crippen molar-refractivity contribution in [2.45, 2.75) is 18.9 Å². The number of hydrogen-bond acceptors (Lipinski definition) is 2. The van der Waals surface area contributed by atoms with E-state index in [1.807, 2.05) is 17.0 Å². The Kier molecular flexibility index (Phi) is 4.27. The van der Waals surface area contributed by atoms with Crippen LogP contribution in [0.4, 0.5) is 0 Å². The predicted molar refractivity (Wildman–Crippen MR) is 86.4 cm³/mol. The summed E-state index contributed by atoms with van der Waals surface area (Å²) in [6.45, 7) is 0.759. The topological polar surface area (TPSA) is 33.2 Å². The zero-order chi connectivity index (χ0) is 14.8. The summed E-state index contributed by atoms with van der Waals surface area (Å²) >= 11 is 9.59. The lowest BCUT2D eigenvalue weighted by Crippen LogP contribution is -2.30. The summed E-state index contributed by atoms with van der Waals surface area (Å²) in [5.74, 6) is -0.0233. The predicted octanol–water partition coefficient (Wildman–Crippen LogP) is 4.47. The quantitative estimate of drug-likeness (QED) is 0.786. The lowest BCUT2D eigenvalue weighted by molar-refractivity contribution is 0.0735. The van der Waals surface area contributed by atoms with Crippen molar-refractivity contribution in [1.29, 1.82) is 0 Å². The first-order valence-electron chi connectivity index (χ1n) is 6.83. The van der Waals surface area contributed by atoms with E-state index in [9.17, 15) is 4.79 Å². The van der Waals surface area contributed by atoms with Crippen LogP contribution in [0.1, 0.15) is 34.8 Å². The molecule has 21 heavy (non-hydrogen) atoms. The van der Waals surface area contributed by atoms with Crippen LogP contribution in [0.3, 0.4) is 0 Å². The molecule has 1 amide bonds. The molecule has 3 rings (SSSR count). The Balaban J connectivity index is 1.91. The van der Waals surface area contributed by atoms with E-state index in [-0.39, 0.29) is 11.9 Å². The average Bonchev–Trinajstić information content (AvgIpc) is 2.96. The van der Waals surface area contributed by atoms with E-state index in [2.05, 4.69) is 33.0 Å². The third-order valence-corrected chi connectivity index (χ3v) is 4.54. The molecule has 1 aromatic carbocycles. The van der Waals surface area contributed by atoms with Crippen LogP contribution in [-0.2, 0) is 0 Å². The largest absolute Gasteiger partial charge is 0.332 e. The Morgan fingerprint density at radius 3 is 3.00 bits per heavy atom. The summed E-state index contributed by atoms with van der Waals surface area (Å²) in [4.78, 5) is 18.6. The van der Waals surface area contributed by atoms with E-state index in [1.165, 1.54) is 6.20 Å². The van der Waals surface area contributed by atoms with Crippen molar-refractivity contribution < 1.29 is 4.79 Å². The van der Waals surface area contributed by atoms with Gasteiger partial charge in [-0.2, -0.15) is 0 Å². The first kappa shape index (κ1) is 14.5. The number of nitrogens with zero attached hydrogens (tertiary/aromatic N) is 2. The van der Waals surface area contributed by atoms with Crippen molar-refractivity contribution in [2.75, 3.05) is 6.54 Å². The van der Waals surface area contributed by atoms with Gasteiger partial charge in [-0.25, -0.2) is 0 Å². The van der Waals surface area contributed by atoms with Gasteiger partial charge in [-0.15, -0.1) is 0 Å². The number of likely N-dealkylation sites (tertiary alicyclic amines) is 1. The molecule has 1 atom stereocenters. The zero-order valence-electron chi connectivity index (χ0n) is 11.3. The van der Waals surface area contributed by atoms with Crippen LogP contribution in [0.15, 0.2) is 47.2 Å². The van der Waals surface area contributed by atoms with Crippen molar-refractivity contribution in [1.82, 2.24) is 9.88 Å². The monoisotopic (exact) mass is 364 g/mol. The van der Waals surface area contributed by atoms with Crippen LogP contribution in [0.5, 0.6) is 0 Å². The molecule has 1 aliphatic heterocycles. The lowest BCUT2D eigenvalue weighted by Gasteiger charge is -2.25. The molecule has 2 aromatic rings. The number of pyridine rings is 1. The maximum absolute atomic E-state index is 12.7. The highest BCUT2D eigenvalue weighted by molar-refractivity contribution is 9.10. The fourth-order valence-corrected chi connectivity index (χ4v) is 3.39. The summed E-state index contributed by atoms with van der Waals surface area (Å²) in [7, 11) is 0. The minimum absolute atomic E-state index is 0.0233. The minimum atomic E-state index is -0.0233. The molecule has 5 heteroatoms. The highest BCUT2D eigenvalue weighted by atomic mass is 79.9. The van der Waals surface area contributed by atoms with E-state index in [4.69, 9.17) is 11.6 Å². The van der Waals surface area contributed by atoms with Gasteiger partial charge in [0.25, 0.3) is 5.91 Å². The Hall–Kier alpha value is -1.39. The summed E-state index contributed by atoms with van der Waals surface area (Å²) < 4.78 is 1.03. The number of carbonyl (C=O) groups excluding carboxylic acids is 1. The molecule has 1 aliphatic rings. The Bertz CT molecular complexity index is 677. The molecule has 0 spiro atoms. The number of hydrogen-bond donors (Lipinski definition) is 0. The summed E-state index contributed by atoms with van der Waals surface area (Å²) in [5, 5.41) is 0.405. The second kappa shape index (κ2) is 6.16. The number of amides is 1. The van der Waals surface area contributed by atoms with E-state index in [0.29, 0.717) is 10.6 Å². The van der Waals surface area contributed by atoms with Crippen LogP contribution in [-0.4, -0.2) is 22.3 Å². The first-order chi connectivity index (χ1) is 10.2. The Morgan fingerprint density at radius 1 is 1.38 bits per heavy atom. The van der Waals surface area contributed by atoms with Crippen LogP contribution in [0, 0.1) is 0 Å². The average molecular weight is 366 g/mol. The van der Waals surface area contributed by atoms with Crippen molar-refractivity contribution >= 4 is 33.4 Å². The number of aromatic nitrogens is 1. The van der Waals surface area contributed by atoms with Crippen LogP contribution in [0.2, 0.25) is 5.02 Å². The summed E-state index contributed by atoms with van der Waals surface area (Å²) in [6.07, 6.45) is 5.10. The van der Waals surface area contributed by atoms with E-state index in [1.54, 1.807) is 12.3 Å². The molecule has 0 radical (unpaired) electrons. The first-order valence-corrected chi connectivity index (χ1v) is 8.00. The summed E-state index contributed by atoms with van der Waals surface area (Å²) in [5.41, 5.74) is 1.67. The number of rotatable bonds is 2. The van der Waals surface area contributed by atoms with E-state index in [0.717, 1.165) is 29.4 Å². The van der Waals surface area contributed by atoms with Gasteiger partial charge in [-0.05, 0) is 36.6 Å². The van der Waals surface area contributed by atoms with Crippen molar-refractivity contribution in [3.05, 3.63) is 63.3 Å². The SMILES string of the molecule is O=C(c1ccncc1Cl)N1CCCC1c1cccc(Br)c1. The molecule has 1 saturated heterocycles. The maximum atomic E-state index is 12.7. The molecular weight excluding hydrogens is 352 g/mol. The van der Waals surface area contributed by atoms with Gasteiger partial charge in [0.2, 0.25) is 0 Å². The molecule has 0 bridgehead atoms. The van der Waals surface area contributed by atoms with E-state index >= 15 is 0 Å². The lowest BCUT2D eigenvalue weighted by atomic mass is 10.0. The van der Waals surface area contributed by atoms with Crippen LogP contribution < -0.4 is 0 Å². The highest BCUT2D eigenvalue weighted by Gasteiger charge is 2.31. The molecule has 0 N–H and O–H groups in total. The van der Waals surface area contributed by atoms with E-state index < -0.39 is 0 Å². The van der Waals surface area contributed by atoms with Crippen LogP contribution >= 0.6 is 27.5 Å². The van der Waals surface area contributed by atoms with Gasteiger partial charge in [0.05, 0.1) is 16.6 Å². The Labute approximate surface area is 137 Å². The van der Waals surface area contributed by atoms with Crippen molar-refractivity contribution in [3.63, 3.8) is 0 Å². The third kappa shape index (κ3) is 2.97.